The summed E-state index contributed by atoms with van der Waals surface area (Å²) in [5.74, 6) is 0.780. The molecule has 1 aliphatic heterocycles. The maximum absolute atomic E-state index is 13.4. The van der Waals surface area contributed by atoms with Gasteiger partial charge >= 0.3 is 0 Å². The van der Waals surface area contributed by atoms with Gasteiger partial charge in [0.15, 0.2) is 0 Å². The molecular weight excluding hydrogens is 364 g/mol. The molecule has 6 nitrogen and oxygen atoms in total. The third-order valence-electron chi connectivity index (χ3n) is 5.67. The molecule has 144 valence electrons. The second-order valence-corrected chi connectivity index (χ2v) is 9.20. The van der Waals surface area contributed by atoms with Crippen molar-refractivity contribution >= 4 is 10.0 Å². The zero-order chi connectivity index (χ0) is 19.2. The van der Waals surface area contributed by atoms with Crippen molar-refractivity contribution < 1.29 is 13.2 Å². The summed E-state index contributed by atoms with van der Waals surface area (Å²) in [6, 6.07) is 5.09. The van der Waals surface area contributed by atoms with Gasteiger partial charge in [-0.3, -0.25) is 4.79 Å². The van der Waals surface area contributed by atoms with Gasteiger partial charge < -0.3 is 9.30 Å². The number of ether oxygens (including phenoxy) is 1. The van der Waals surface area contributed by atoms with E-state index in [0.29, 0.717) is 24.4 Å². The molecule has 0 fully saturated rings. The van der Waals surface area contributed by atoms with Gasteiger partial charge in [0.05, 0.1) is 12.0 Å². The van der Waals surface area contributed by atoms with Crippen molar-refractivity contribution in [1.29, 1.82) is 0 Å². The predicted molar refractivity (Wildman–Crippen MR) is 103 cm³/mol. The normalized spacial score (nSPS) is 17.3. The molecule has 0 saturated carbocycles. The molecule has 0 N–H and O–H groups in total. The minimum Gasteiger partial charge on any atom is -0.496 e. The lowest BCUT2D eigenvalue weighted by Gasteiger charge is -2.30. The second-order valence-electron chi connectivity index (χ2n) is 7.29. The lowest BCUT2D eigenvalue weighted by atomic mass is 9.91. The third-order valence-corrected chi connectivity index (χ3v) is 7.60. The summed E-state index contributed by atoms with van der Waals surface area (Å²) < 4.78 is 35.4. The number of methoxy groups -OCH3 is 1. The van der Waals surface area contributed by atoms with E-state index in [1.54, 1.807) is 38.6 Å². The molecule has 0 spiro atoms. The predicted octanol–water partition coefficient (Wildman–Crippen LogP) is 2.02. The molecule has 0 bridgehead atoms. The molecule has 2 aromatic rings. The van der Waals surface area contributed by atoms with Gasteiger partial charge in [-0.05, 0) is 66.5 Å². The molecule has 0 atom stereocenters. The molecule has 0 amide bonds. The summed E-state index contributed by atoms with van der Waals surface area (Å²) in [5.41, 5.74) is 3.72. The summed E-state index contributed by atoms with van der Waals surface area (Å²) in [6.07, 6.45) is 5.98. The Labute approximate surface area is 159 Å². The SMILES string of the molecule is COc1ccc(S(=O)(=O)N2CCc3cc(=O)n(C)cc3C2)c2c1CCCC2. The Morgan fingerprint density at radius 2 is 1.78 bits per heavy atom. The van der Waals surface area contributed by atoms with Crippen LogP contribution in [0.3, 0.4) is 0 Å². The van der Waals surface area contributed by atoms with Crippen LogP contribution in [0.25, 0.3) is 0 Å². The minimum absolute atomic E-state index is 0.0609. The lowest BCUT2D eigenvalue weighted by molar-refractivity contribution is 0.387. The number of hydrogen-bond acceptors (Lipinski definition) is 4. The molecule has 1 aromatic carbocycles. The Bertz CT molecular complexity index is 1060. The standard InChI is InChI=1S/C20H24N2O4S/c1-21-12-15-13-22(10-9-14(15)11-20(21)23)27(24,25)19-8-7-18(26-2)16-5-3-4-6-17(16)19/h7-8,11-12H,3-6,9-10,13H2,1-2H3. The molecule has 7 heteroatoms. The number of fused-ring (bicyclic) bond motifs is 2. The van der Waals surface area contributed by atoms with Crippen molar-refractivity contribution in [2.75, 3.05) is 13.7 Å². The summed E-state index contributed by atoms with van der Waals surface area (Å²) in [7, 11) is -0.284. The number of hydrogen-bond donors (Lipinski definition) is 0. The average molecular weight is 388 g/mol. The second kappa shape index (κ2) is 6.80. The summed E-state index contributed by atoms with van der Waals surface area (Å²) in [6.45, 7) is 0.690. The van der Waals surface area contributed by atoms with Gasteiger partial charge in [-0.25, -0.2) is 8.42 Å². The van der Waals surface area contributed by atoms with E-state index in [0.717, 1.165) is 53.7 Å². The van der Waals surface area contributed by atoms with E-state index in [1.165, 1.54) is 8.87 Å². The van der Waals surface area contributed by atoms with Crippen molar-refractivity contribution in [3.63, 3.8) is 0 Å². The Balaban J connectivity index is 1.74. The molecular formula is C20H24N2O4S. The van der Waals surface area contributed by atoms with Crippen molar-refractivity contribution in [3.05, 3.63) is 57.0 Å². The monoisotopic (exact) mass is 388 g/mol. The van der Waals surface area contributed by atoms with E-state index in [9.17, 15) is 13.2 Å². The van der Waals surface area contributed by atoms with E-state index in [1.807, 2.05) is 0 Å². The molecule has 0 radical (unpaired) electrons. The first-order chi connectivity index (χ1) is 12.9. The van der Waals surface area contributed by atoms with Crippen LogP contribution in [0.4, 0.5) is 0 Å². The van der Waals surface area contributed by atoms with Crippen molar-refractivity contribution in [2.24, 2.45) is 7.05 Å². The highest BCUT2D eigenvalue weighted by Gasteiger charge is 2.32. The van der Waals surface area contributed by atoms with Crippen LogP contribution in [0.2, 0.25) is 0 Å². The molecule has 4 rings (SSSR count). The van der Waals surface area contributed by atoms with Crippen molar-refractivity contribution in [3.8, 4) is 5.75 Å². The van der Waals surface area contributed by atoms with Gasteiger partial charge in [0.2, 0.25) is 10.0 Å². The quantitative estimate of drug-likeness (QED) is 0.807. The Morgan fingerprint density at radius 3 is 2.52 bits per heavy atom. The summed E-state index contributed by atoms with van der Waals surface area (Å²) in [5, 5.41) is 0. The van der Waals surface area contributed by atoms with Crippen LogP contribution < -0.4 is 10.3 Å². The number of aromatic nitrogens is 1. The molecule has 0 saturated heterocycles. The zero-order valence-electron chi connectivity index (χ0n) is 15.7. The smallest absolute Gasteiger partial charge is 0.250 e. The van der Waals surface area contributed by atoms with Gasteiger partial charge in [0.25, 0.3) is 5.56 Å². The Kier molecular flexibility index (Phi) is 4.60. The number of nitrogens with zero attached hydrogens (tertiary/aromatic N) is 2. The van der Waals surface area contributed by atoms with E-state index in [-0.39, 0.29) is 5.56 Å². The number of rotatable bonds is 3. The fourth-order valence-electron chi connectivity index (χ4n) is 4.19. The summed E-state index contributed by atoms with van der Waals surface area (Å²) >= 11 is 0. The molecule has 1 aromatic heterocycles. The largest absolute Gasteiger partial charge is 0.496 e. The highest BCUT2D eigenvalue weighted by molar-refractivity contribution is 7.89. The first-order valence-electron chi connectivity index (χ1n) is 9.29. The maximum Gasteiger partial charge on any atom is 0.250 e. The molecule has 27 heavy (non-hydrogen) atoms. The van der Waals surface area contributed by atoms with Crippen molar-refractivity contribution in [2.45, 2.75) is 43.5 Å². The van der Waals surface area contributed by atoms with Gasteiger partial charge in [0, 0.05) is 32.4 Å². The number of pyridine rings is 1. The maximum atomic E-state index is 13.4. The topological polar surface area (TPSA) is 68.6 Å². The lowest BCUT2D eigenvalue weighted by Crippen LogP contribution is -2.37. The fraction of sp³-hybridized carbons (Fsp3) is 0.450. The van der Waals surface area contributed by atoms with Crippen LogP contribution in [0, 0.1) is 0 Å². The average Bonchev–Trinajstić information content (AvgIpc) is 2.67. The van der Waals surface area contributed by atoms with Crippen LogP contribution in [0.1, 0.15) is 35.1 Å². The number of aryl methyl sites for hydroxylation is 1. The van der Waals surface area contributed by atoms with Crippen molar-refractivity contribution in [1.82, 2.24) is 8.87 Å². The van der Waals surface area contributed by atoms with E-state index in [2.05, 4.69) is 0 Å². The highest BCUT2D eigenvalue weighted by atomic mass is 32.2. The van der Waals surface area contributed by atoms with E-state index in [4.69, 9.17) is 4.74 Å². The van der Waals surface area contributed by atoms with E-state index >= 15 is 0 Å². The molecule has 0 unspecified atom stereocenters. The van der Waals surface area contributed by atoms with E-state index < -0.39 is 10.0 Å². The molecule has 2 heterocycles. The highest BCUT2D eigenvalue weighted by Crippen LogP contribution is 2.36. The zero-order valence-corrected chi connectivity index (χ0v) is 16.5. The van der Waals surface area contributed by atoms with Crippen LogP contribution in [0.5, 0.6) is 5.75 Å². The van der Waals surface area contributed by atoms with Gasteiger partial charge in [0.1, 0.15) is 5.75 Å². The van der Waals surface area contributed by atoms with Crippen LogP contribution in [0.15, 0.2) is 34.1 Å². The van der Waals surface area contributed by atoms with Gasteiger partial charge in [-0.2, -0.15) is 4.31 Å². The third kappa shape index (κ3) is 3.08. The molecule has 2 aliphatic rings. The number of sulfonamides is 1. The molecule has 1 aliphatic carbocycles. The van der Waals surface area contributed by atoms with Crippen LogP contribution >= 0.6 is 0 Å². The van der Waals surface area contributed by atoms with Crippen LogP contribution in [-0.2, 0) is 42.9 Å². The minimum atomic E-state index is -3.60. The van der Waals surface area contributed by atoms with Gasteiger partial charge in [-0.15, -0.1) is 0 Å². The summed E-state index contributed by atoms with van der Waals surface area (Å²) in [4.78, 5) is 12.2. The Morgan fingerprint density at radius 1 is 1.04 bits per heavy atom. The first kappa shape index (κ1) is 18.3. The van der Waals surface area contributed by atoms with Gasteiger partial charge in [-0.1, -0.05) is 0 Å². The fourth-order valence-corrected chi connectivity index (χ4v) is 5.89. The first-order valence-corrected chi connectivity index (χ1v) is 10.7. The Hall–Kier alpha value is -2.12. The van der Waals surface area contributed by atoms with Crippen LogP contribution in [-0.4, -0.2) is 30.9 Å². The number of benzene rings is 1.